The van der Waals surface area contributed by atoms with Crippen LogP contribution in [-0.4, -0.2) is 37.9 Å². The lowest BCUT2D eigenvalue weighted by Crippen LogP contribution is -2.37. The lowest BCUT2D eigenvalue weighted by Gasteiger charge is -2.34. The first-order valence-electron chi connectivity index (χ1n) is 6.38. The van der Waals surface area contributed by atoms with E-state index in [1.54, 1.807) is 19.2 Å². The third-order valence-corrected chi connectivity index (χ3v) is 3.78. The van der Waals surface area contributed by atoms with E-state index in [-0.39, 0.29) is 5.56 Å². The highest BCUT2D eigenvalue weighted by molar-refractivity contribution is 6.33. The van der Waals surface area contributed by atoms with Crippen molar-refractivity contribution in [2.45, 2.75) is 12.8 Å². The summed E-state index contributed by atoms with van der Waals surface area (Å²) in [7, 11) is 1.72. The number of ether oxygens (including phenoxy) is 1. The summed E-state index contributed by atoms with van der Waals surface area (Å²) in [6, 6.07) is 5.13. The molecule has 1 aromatic carbocycles. The summed E-state index contributed by atoms with van der Waals surface area (Å²) in [5, 5.41) is 9.25. The maximum absolute atomic E-state index is 10.9. The fraction of sp³-hybridized carbons (Fsp3) is 0.500. The molecule has 1 fully saturated rings. The highest BCUT2D eigenvalue weighted by atomic mass is 35.5. The first-order chi connectivity index (χ1) is 9.11. The number of aromatic carboxylic acids is 1. The summed E-state index contributed by atoms with van der Waals surface area (Å²) in [5.74, 6) is -0.468. The average Bonchev–Trinajstić information content (AvgIpc) is 2.39. The molecule has 1 aromatic rings. The van der Waals surface area contributed by atoms with Gasteiger partial charge < -0.3 is 14.7 Å². The van der Waals surface area contributed by atoms with Crippen LogP contribution in [0.15, 0.2) is 18.2 Å². The molecule has 4 nitrogen and oxygen atoms in total. The number of piperidine rings is 1. The minimum Gasteiger partial charge on any atom is -0.478 e. The number of methoxy groups -OCH3 is 1. The monoisotopic (exact) mass is 283 g/mol. The summed E-state index contributed by atoms with van der Waals surface area (Å²) >= 11 is 6.01. The summed E-state index contributed by atoms with van der Waals surface area (Å²) in [6.07, 6.45) is 2.29. The molecule has 0 radical (unpaired) electrons. The Morgan fingerprint density at radius 1 is 1.58 bits per heavy atom. The van der Waals surface area contributed by atoms with Crippen LogP contribution in [0, 0.1) is 5.92 Å². The number of carboxylic acids is 1. The van der Waals surface area contributed by atoms with E-state index >= 15 is 0 Å². The molecule has 0 aromatic heterocycles. The molecule has 1 aliphatic rings. The molecule has 1 saturated heterocycles. The molecule has 0 amide bonds. The van der Waals surface area contributed by atoms with Crippen LogP contribution in [-0.2, 0) is 4.74 Å². The molecule has 0 bridgehead atoms. The largest absolute Gasteiger partial charge is 0.478 e. The van der Waals surface area contributed by atoms with Gasteiger partial charge in [0.15, 0.2) is 0 Å². The molecule has 19 heavy (non-hydrogen) atoms. The summed E-state index contributed by atoms with van der Waals surface area (Å²) < 4.78 is 5.21. The Balaban J connectivity index is 2.13. The van der Waals surface area contributed by atoms with Crippen LogP contribution in [0.5, 0.6) is 0 Å². The normalized spacial score (nSPS) is 19.5. The maximum Gasteiger partial charge on any atom is 0.337 e. The number of anilines is 1. The molecular weight excluding hydrogens is 266 g/mol. The summed E-state index contributed by atoms with van der Waals surface area (Å²) in [4.78, 5) is 13.2. The molecule has 1 aliphatic heterocycles. The second-order valence-corrected chi connectivity index (χ2v) is 5.29. The Labute approximate surface area is 117 Å². The predicted molar refractivity (Wildman–Crippen MR) is 75.2 cm³/mol. The Kier molecular flexibility index (Phi) is 4.66. The molecule has 2 rings (SSSR count). The first kappa shape index (κ1) is 14.2. The van der Waals surface area contributed by atoms with Gasteiger partial charge in [-0.2, -0.15) is 0 Å². The van der Waals surface area contributed by atoms with Crippen LogP contribution < -0.4 is 4.90 Å². The number of hydrogen-bond donors (Lipinski definition) is 1. The highest BCUT2D eigenvalue weighted by Crippen LogP contribution is 2.27. The van der Waals surface area contributed by atoms with Crippen molar-refractivity contribution in [1.29, 1.82) is 0 Å². The number of nitrogens with zero attached hydrogens (tertiary/aromatic N) is 1. The molecule has 0 spiro atoms. The van der Waals surface area contributed by atoms with Crippen molar-refractivity contribution in [2.75, 3.05) is 31.7 Å². The number of carboxylic acid groups (broad SMARTS) is 1. The molecule has 0 aliphatic carbocycles. The van der Waals surface area contributed by atoms with Crippen molar-refractivity contribution in [2.24, 2.45) is 5.92 Å². The van der Waals surface area contributed by atoms with Gasteiger partial charge in [-0.15, -0.1) is 0 Å². The van der Waals surface area contributed by atoms with Crippen molar-refractivity contribution in [1.82, 2.24) is 0 Å². The summed E-state index contributed by atoms with van der Waals surface area (Å²) in [6.45, 7) is 2.66. The van der Waals surface area contributed by atoms with E-state index in [0.717, 1.165) is 31.8 Å². The Morgan fingerprint density at radius 3 is 3.00 bits per heavy atom. The molecule has 104 valence electrons. The Bertz CT molecular complexity index is 462. The van der Waals surface area contributed by atoms with E-state index in [1.165, 1.54) is 6.42 Å². The van der Waals surface area contributed by atoms with Crippen molar-refractivity contribution in [3.63, 3.8) is 0 Å². The lowest BCUT2D eigenvalue weighted by molar-refractivity contribution is 0.0697. The number of hydrogen-bond acceptors (Lipinski definition) is 3. The average molecular weight is 284 g/mol. The predicted octanol–water partition coefficient (Wildman–Crippen LogP) is 2.90. The minimum atomic E-state index is -0.993. The topological polar surface area (TPSA) is 49.8 Å². The van der Waals surface area contributed by atoms with E-state index in [2.05, 4.69) is 4.90 Å². The van der Waals surface area contributed by atoms with Gasteiger partial charge in [0, 0.05) is 25.9 Å². The van der Waals surface area contributed by atoms with Crippen LogP contribution in [0.1, 0.15) is 23.2 Å². The number of rotatable bonds is 4. The molecule has 5 heteroatoms. The standard InChI is InChI=1S/C14H18ClNO3/c1-19-9-10-3-2-6-16(8-10)11-4-5-12(14(17)18)13(15)7-11/h4-5,7,10H,2-3,6,8-9H2,1H3,(H,17,18). The van der Waals surface area contributed by atoms with Crippen LogP contribution >= 0.6 is 11.6 Å². The molecule has 0 saturated carbocycles. The second-order valence-electron chi connectivity index (χ2n) is 4.88. The van der Waals surface area contributed by atoms with Crippen LogP contribution in [0.2, 0.25) is 5.02 Å². The van der Waals surface area contributed by atoms with E-state index in [9.17, 15) is 4.79 Å². The maximum atomic E-state index is 10.9. The van der Waals surface area contributed by atoms with Crippen molar-refractivity contribution in [3.8, 4) is 0 Å². The molecular formula is C14H18ClNO3. The highest BCUT2D eigenvalue weighted by Gasteiger charge is 2.21. The van der Waals surface area contributed by atoms with E-state index in [1.807, 2.05) is 6.07 Å². The zero-order valence-corrected chi connectivity index (χ0v) is 11.7. The van der Waals surface area contributed by atoms with Gasteiger partial charge in [-0.1, -0.05) is 11.6 Å². The third kappa shape index (κ3) is 3.39. The van der Waals surface area contributed by atoms with Crippen molar-refractivity contribution in [3.05, 3.63) is 28.8 Å². The van der Waals surface area contributed by atoms with Gasteiger partial charge in [0.25, 0.3) is 0 Å². The van der Waals surface area contributed by atoms with Gasteiger partial charge in [-0.25, -0.2) is 4.79 Å². The quantitative estimate of drug-likeness (QED) is 0.923. The minimum absolute atomic E-state index is 0.149. The SMILES string of the molecule is COCC1CCCN(c2ccc(C(=O)O)c(Cl)c2)C1. The molecule has 1 N–H and O–H groups in total. The van der Waals surface area contributed by atoms with Crippen LogP contribution in [0.4, 0.5) is 5.69 Å². The van der Waals surface area contributed by atoms with Crippen LogP contribution in [0.25, 0.3) is 0 Å². The Hall–Kier alpha value is -1.26. The van der Waals surface area contributed by atoms with Gasteiger partial charge in [0.1, 0.15) is 0 Å². The van der Waals surface area contributed by atoms with Crippen molar-refractivity contribution >= 4 is 23.3 Å². The van der Waals surface area contributed by atoms with E-state index in [0.29, 0.717) is 10.9 Å². The summed E-state index contributed by atoms with van der Waals surface area (Å²) in [5.41, 5.74) is 1.13. The lowest BCUT2D eigenvalue weighted by atomic mass is 9.98. The third-order valence-electron chi connectivity index (χ3n) is 3.47. The zero-order valence-electron chi connectivity index (χ0n) is 10.9. The molecule has 1 atom stereocenters. The molecule has 1 unspecified atom stereocenters. The van der Waals surface area contributed by atoms with Gasteiger partial charge in [0.05, 0.1) is 17.2 Å². The second kappa shape index (κ2) is 6.26. The van der Waals surface area contributed by atoms with Gasteiger partial charge in [0.2, 0.25) is 0 Å². The van der Waals surface area contributed by atoms with Crippen LogP contribution in [0.3, 0.4) is 0 Å². The van der Waals surface area contributed by atoms with Crippen molar-refractivity contribution < 1.29 is 14.6 Å². The smallest absolute Gasteiger partial charge is 0.337 e. The first-order valence-corrected chi connectivity index (χ1v) is 6.76. The van der Waals surface area contributed by atoms with Gasteiger partial charge >= 0.3 is 5.97 Å². The fourth-order valence-electron chi connectivity index (χ4n) is 2.55. The number of benzene rings is 1. The van der Waals surface area contributed by atoms with Gasteiger partial charge in [-0.05, 0) is 37.0 Å². The zero-order chi connectivity index (χ0) is 13.8. The number of halogens is 1. The van der Waals surface area contributed by atoms with E-state index < -0.39 is 5.97 Å². The Morgan fingerprint density at radius 2 is 2.37 bits per heavy atom. The van der Waals surface area contributed by atoms with Gasteiger partial charge in [-0.3, -0.25) is 0 Å². The number of carbonyl (C=O) groups is 1. The molecule has 1 heterocycles. The fourth-order valence-corrected chi connectivity index (χ4v) is 2.80. The van der Waals surface area contributed by atoms with E-state index in [4.69, 9.17) is 21.4 Å².